The SMILES string of the molecule is CC(C)c1cc(C(=O)NN)c(O)cc1O.CCC(=O)Cc1cc([N+](=O)[O-])ccc1OC.CCC(=O)Cl.CCC(=O)N(C)c1cc([N+](=O)[O-])ccc1OC.CCC(=O)N(C)c1cc([N+](=O)[O-])ccc1OC.CCCN(C)C1=C(OC)C=[C+]C(N=C=S)=C1.CCCN(C)c1cc(N)ccc1OC.CCCN(C)c1cc(N=C=S)ccc1OC.CCCN(C)c1cc([N+](=O)[O-])ccc1OC.CCO.COc1ccc([N+](=O)[O-])cc1N. The Hall–Kier alpha value is -15.8. The number of ether oxygens (including phenoxy) is 8. The van der Waals surface area contributed by atoms with Crippen molar-refractivity contribution in [1.82, 2.24) is 10.3 Å². The molecule has 3 amide bonds. The lowest BCUT2D eigenvalue weighted by Crippen LogP contribution is -2.30. The molecule has 0 atom stereocenters. The first-order chi connectivity index (χ1) is 69.6. The second-order valence-corrected chi connectivity index (χ2v) is 31.5. The molecule has 0 aliphatic heterocycles. The van der Waals surface area contributed by atoms with E-state index in [1.54, 1.807) is 89.3 Å². The van der Waals surface area contributed by atoms with Crippen LogP contribution in [0.15, 0.2) is 179 Å². The van der Waals surface area contributed by atoms with Crippen LogP contribution in [0.25, 0.3) is 0 Å². The number of phenols is 2. The Labute approximate surface area is 873 Å². The van der Waals surface area contributed by atoms with Gasteiger partial charge in [0.05, 0.1) is 143 Å². The number of carbonyl (C=O) groups is 5. The van der Waals surface area contributed by atoms with Crippen LogP contribution in [0.5, 0.6) is 51.7 Å². The number of allylic oxidation sites excluding steroid dienone is 3. The molecule has 10 N–H and O–H groups in total. The van der Waals surface area contributed by atoms with E-state index in [1.165, 1.54) is 129 Å². The number of amides is 3. The number of nitrogens with one attached hydrogen (secondary N) is 1. The number of aromatic hydroxyl groups is 2. The number of thiocarbonyl (C=S) groups is 2. The van der Waals surface area contributed by atoms with E-state index in [0.29, 0.717) is 82.6 Å². The number of aliphatic hydroxyl groups excluding tert-OH is 1. The van der Waals surface area contributed by atoms with Crippen molar-refractivity contribution < 1.29 is 102 Å². The van der Waals surface area contributed by atoms with Gasteiger partial charge in [-0.3, -0.25) is 80.0 Å². The molecule has 0 spiro atoms. The smallest absolute Gasteiger partial charge is 0.271 e. The monoisotopic (exact) mass is 2100 g/mol. The number of phenolic OH excluding ortho intramolecular Hbond substituents is 2. The Kier molecular flexibility index (Phi) is 66.5. The van der Waals surface area contributed by atoms with E-state index in [1.807, 2.05) is 94.8 Å². The van der Waals surface area contributed by atoms with Crippen molar-refractivity contribution >= 4 is 149 Å². The normalized spacial score (nSPS) is 10.1. The molecule has 0 unspecified atom stereocenters. The number of isothiocyanates is 2. The van der Waals surface area contributed by atoms with Gasteiger partial charge in [-0.25, -0.2) is 5.84 Å². The predicted molar refractivity (Wildman–Crippen MR) is 582 cm³/mol. The van der Waals surface area contributed by atoms with E-state index in [4.69, 9.17) is 71.9 Å². The van der Waals surface area contributed by atoms with Gasteiger partial charge < -0.3 is 94.1 Å². The number of nitrogen functional groups attached to an aromatic ring is 3. The number of Topliss-reactive ketones (excluding diaryl/α,β-unsaturated/α-hetero) is 1. The number of anilines is 7. The van der Waals surface area contributed by atoms with Gasteiger partial charge in [-0.1, -0.05) is 69.2 Å². The lowest BCUT2D eigenvalue weighted by atomic mass is 9.98. The van der Waals surface area contributed by atoms with Crippen LogP contribution in [0.3, 0.4) is 0 Å². The van der Waals surface area contributed by atoms with Crippen LogP contribution in [-0.4, -0.2) is 216 Å². The van der Waals surface area contributed by atoms with E-state index >= 15 is 0 Å². The standard InChI is InChI=1S/C12H16N2OS.C12H15N2OS.2C11H14N2O4.C11H16N2O3.C11H18N2O.C11H13NO4.C10H14N2O3.C7H8N2O3.C3H5ClO.C2H6O/c2*1-4-7-14(2)11-8-10(13-9-16)5-6-12(11)15-3;2*1-4-11(14)12(2)9-7-8(13(15)16)5-6-10(9)17-3;1-4-7-12(2)10-8-9(13(14)15)5-6-11(10)16-3;1-4-7-13(2)10-8-9(12)5-6-11(10)14-3;1-3-10(13)7-8-6-9(12(14)15)4-5-11(8)16-2;1-5(2)6-3-7(10(15)12-11)9(14)4-8(6)13;1-12-7-3-2-5(9(10)11)4-6(7)8;1-2-3(4)5;1-2-3/h5-6,8H,4,7H2,1-3H3;6,8H,4,7H2,1-3H3;2*5-7H,4H2,1-3H3;5-6,8H,4,7H2,1-3H3;5-6,8H,4,7,12H2,1-3H3;4-6H,3,7H2,1-2H3;3-5,13-14H,11H2,1-2H3,(H,12,15);2-4H,8H2,1H3;2H2,1H3;3H,2H2,1H3/q;+1;;;;;;;;;. The van der Waals surface area contributed by atoms with Crippen molar-refractivity contribution in [2.24, 2.45) is 15.8 Å². The van der Waals surface area contributed by atoms with Crippen molar-refractivity contribution in [3.05, 3.63) is 242 Å². The number of aliphatic hydroxyl groups is 1. The van der Waals surface area contributed by atoms with Crippen LogP contribution in [0.1, 0.15) is 155 Å². The molecule has 0 fully saturated rings. The third-order valence-corrected chi connectivity index (χ3v) is 20.4. The number of hydrogen-bond donors (Lipinski definition) is 7. The Morgan fingerprint density at radius 2 is 0.803 bits per heavy atom. The van der Waals surface area contributed by atoms with E-state index in [2.05, 4.69) is 93.2 Å². The van der Waals surface area contributed by atoms with Crippen molar-refractivity contribution in [3.8, 4) is 51.7 Å². The molecule has 0 bridgehead atoms. The fraction of sp³-hybridized carbons (Fsp3) is 0.396. The number of nitro benzene ring substituents is 5. The number of benzene rings is 8. The summed E-state index contributed by atoms with van der Waals surface area (Å²) in [6, 6.07) is 35.2. The summed E-state index contributed by atoms with van der Waals surface area (Å²) < 4.78 is 41.1. The highest BCUT2D eigenvalue weighted by Gasteiger charge is 2.25. The minimum Gasteiger partial charge on any atom is -0.508 e. The summed E-state index contributed by atoms with van der Waals surface area (Å²) in [5.41, 5.74) is 21.3. The molecule has 0 heterocycles. The number of hydrazine groups is 1. The summed E-state index contributed by atoms with van der Waals surface area (Å²) in [6.45, 7) is 24.8. The van der Waals surface area contributed by atoms with Crippen LogP contribution in [-0.2, 0) is 30.3 Å². The maximum Gasteiger partial charge on any atom is 0.271 e. The first-order valence-corrected chi connectivity index (χ1v) is 46.8. The molecular formula is C101H139ClN17O26S2+. The maximum atomic E-state index is 11.6. The van der Waals surface area contributed by atoms with Crippen molar-refractivity contribution in [3.63, 3.8) is 0 Å². The predicted octanol–water partition coefficient (Wildman–Crippen LogP) is 19.6. The van der Waals surface area contributed by atoms with Gasteiger partial charge in [-0.15, -0.1) is 0 Å². The van der Waals surface area contributed by atoms with Crippen LogP contribution in [0, 0.1) is 56.6 Å². The van der Waals surface area contributed by atoms with Crippen molar-refractivity contribution in [2.45, 2.75) is 140 Å². The van der Waals surface area contributed by atoms with Gasteiger partial charge in [0.25, 0.3) is 40.1 Å². The zero-order valence-electron chi connectivity index (χ0n) is 87.9. The highest BCUT2D eigenvalue weighted by molar-refractivity contribution is 7.78. The molecule has 9 rings (SSSR count). The molecule has 147 heavy (non-hydrogen) atoms. The number of nitrogens with two attached hydrogens (primary N) is 3. The Bertz CT molecular complexity index is 5640. The summed E-state index contributed by atoms with van der Waals surface area (Å²) >= 11 is 14.0. The van der Waals surface area contributed by atoms with Crippen molar-refractivity contribution in [1.29, 1.82) is 0 Å². The topological polar surface area (TPSA) is 570 Å². The number of ketones is 1. The minimum absolute atomic E-state index is 0.0267. The van der Waals surface area contributed by atoms with Gasteiger partial charge in [0, 0.05) is 185 Å². The van der Waals surface area contributed by atoms with Crippen LogP contribution < -0.4 is 80.4 Å². The Balaban J connectivity index is 0. The molecular weight excluding hydrogens is 1970 g/mol. The minimum atomic E-state index is -0.589. The molecule has 1 aliphatic rings. The fourth-order valence-electron chi connectivity index (χ4n) is 12.4. The number of nitrogens with zero attached hydrogens (tertiary/aromatic N) is 13. The Morgan fingerprint density at radius 1 is 0.456 bits per heavy atom. The lowest BCUT2D eigenvalue weighted by molar-refractivity contribution is -0.385. The molecule has 0 saturated carbocycles. The number of carbonyl (C=O) groups excluding carboxylic acids is 5. The van der Waals surface area contributed by atoms with Crippen LogP contribution >= 0.6 is 36.0 Å². The molecule has 46 heteroatoms. The van der Waals surface area contributed by atoms with Gasteiger partial charge in [0.1, 0.15) is 63.6 Å². The lowest BCUT2D eigenvalue weighted by Gasteiger charge is -2.21. The van der Waals surface area contributed by atoms with Crippen molar-refractivity contribution in [2.75, 3.05) is 168 Å². The summed E-state index contributed by atoms with van der Waals surface area (Å²) in [5, 5.41) is 83.8. The molecule has 43 nitrogen and oxygen atoms in total. The summed E-state index contributed by atoms with van der Waals surface area (Å²) in [5.74, 6) is 8.83. The quantitative estimate of drug-likeness (QED) is 0.00219. The molecule has 0 radical (unpaired) electrons. The highest BCUT2D eigenvalue weighted by Crippen LogP contribution is 2.38. The second-order valence-electron chi connectivity index (χ2n) is 30.7. The first-order valence-electron chi connectivity index (χ1n) is 45.6. The van der Waals surface area contributed by atoms with E-state index in [0.717, 1.165) is 109 Å². The van der Waals surface area contributed by atoms with E-state index in [-0.39, 0.29) is 93.0 Å². The number of halogens is 1. The molecule has 802 valence electrons. The molecule has 0 saturated heterocycles. The number of methoxy groups -OCH3 is 8. The van der Waals surface area contributed by atoms with Crippen LogP contribution in [0.2, 0.25) is 0 Å². The van der Waals surface area contributed by atoms with Gasteiger partial charge in [0.15, 0.2) is 11.8 Å². The summed E-state index contributed by atoms with van der Waals surface area (Å²) in [4.78, 5) is 125. The zero-order valence-corrected chi connectivity index (χ0v) is 90.3. The van der Waals surface area contributed by atoms with E-state index in [9.17, 15) is 84.8 Å². The zero-order chi connectivity index (χ0) is 112. The van der Waals surface area contributed by atoms with Gasteiger partial charge in [-0.05, 0) is 153 Å². The fourth-order valence-corrected chi connectivity index (χ4v) is 12.6. The molecule has 0 aromatic heterocycles. The Morgan fingerprint density at radius 3 is 1.15 bits per heavy atom. The second kappa shape index (κ2) is 73.3. The number of rotatable bonds is 37. The number of aliphatic imine (C=N–C) groups is 2. The van der Waals surface area contributed by atoms with Gasteiger partial charge in [-0.2, -0.15) is 9.98 Å². The molecule has 1 aliphatic carbocycles. The number of hydrogen-bond acceptors (Lipinski definition) is 37. The first kappa shape index (κ1) is 133. The van der Waals surface area contributed by atoms with E-state index < -0.39 is 30.5 Å². The average Bonchev–Trinajstić information content (AvgIpc) is 0.827. The van der Waals surface area contributed by atoms with Crippen LogP contribution in [0.4, 0.5) is 73.9 Å². The highest BCUT2D eigenvalue weighted by atomic mass is 35.5. The maximum absolute atomic E-state index is 11.6. The largest absolute Gasteiger partial charge is 0.508 e. The molecule has 8 aromatic carbocycles. The number of likely N-dealkylation sites (N-methyl/N-ethyl adjacent to an activating group) is 1. The average molecular weight is 2110 g/mol. The summed E-state index contributed by atoms with van der Waals surface area (Å²) in [7, 11) is 23.5. The summed E-state index contributed by atoms with van der Waals surface area (Å²) in [6.07, 6.45) is 12.5. The third-order valence-electron chi connectivity index (χ3n) is 20.0. The number of nitro groups is 5. The van der Waals surface area contributed by atoms with Gasteiger partial charge in [0.2, 0.25) is 22.8 Å². The number of non-ortho nitro benzene ring substituents is 5. The van der Waals surface area contributed by atoms with Gasteiger partial charge >= 0.3 is 0 Å². The molecule has 8 aromatic rings. The third kappa shape index (κ3) is 47.6.